The summed E-state index contributed by atoms with van der Waals surface area (Å²) in [5.74, 6) is -0.454. The van der Waals surface area contributed by atoms with Gasteiger partial charge in [-0.2, -0.15) is 0 Å². The first-order valence-electron chi connectivity index (χ1n) is 5.90. The summed E-state index contributed by atoms with van der Waals surface area (Å²) in [7, 11) is 0. The molecule has 0 spiro atoms. The lowest BCUT2D eigenvalue weighted by atomic mass is 9.92. The van der Waals surface area contributed by atoms with E-state index in [-0.39, 0.29) is 11.7 Å². The number of halogens is 1. The lowest BCUT2D eigenvalue weighted by Crippen LogP contribution is -2.27. The molecule has 3 nitrogen and oxygen atoms in total. The molecule has 2 unspecified atom stereocenters. The highest BCUT2D eigenvalue weighted by molar-refractivity contribution is 5.22. The Labute approximate surface area is 101 Å². The number of aliphatic hydroxyl groups excluding tert-OH is 1. The topological polar surface area (TPSA) is 55.5 Å². The molecule has 0 aliphatic carbocycles. The summed E-state index contributed by atoms with van der Waals surface area (Å²) in [5, 5.41) is 10.0. The second kappa shape index (κ2) is 7.37. The van der Waals surface area contributed by atoms with Gasteiger partial charge in [0.2, 0.25) is 0 Å². The third-order valence-corrected chi connectivity index (χ3v) is 2.78. The second-order valence-electron chi connectivity index (χ2n) is 3.95. The molecule has 0 saturated carbocycles. The van der Waals surface area contributed by atoms with E-state index in [2.05, 4.69) is 0 Å². The lowest BCUT2D eigenvalue weighted by Gasteiger charge is -2.21. The lowest BCUT2D eigenvalue weighted by molar-refractivity contribution is 0.0752. The van der Waals surface area contributed by atoms with Crippen LogP contribution in [0.1, 0.15) is 24.8 Å². The molecule has 0 aliphatic heterocycles. The molecule has 0 aromatic heterocycles. The van der Waals surface area contributed by atoms with Gasteiger partial charge in [0.1, 0.15) is 5.82 Å². The molecule has 0 bridgehead atoms. The third-order valence-electron chi connectivity index (χ3n) is 2.78. The minimum Gasteiger partial charge on any atom is -0.392 e. The van der Waals surface area contributed by atoms with E-state index >= 15 is 0 Å². The Morgan fingerprint density at radius 2 is 2.00 bits per heavy atom. The van der Waals surface area contributed by atoms with Gasteiger partial charge in [0.25, 0.3) is 0 Å². The van der Waals surface area contributed by atoms with Crippen molar-refractivity contribution in [3.05, 3.63) is 35.6 Å². The zero-order chi connectivity index (χ0) is 12.7. The summed E-state index contributed by atoms with van der Waals surface area (Å²) in [5.41, 5.74) is 6.51. The molecule has 0 fully saturated rings. The summed E-state index contributed by atoms with van der Waals surface area (Å²) in [6.45, 7) is 3.39. The van der Waals surface area contributed by atoms with Crippen LogP contribution in [0.2, 0.25) is 0 Å². The first-order valence-corrected chi connectivity index (χ1v) is 5.90. The molecular formula is C13H20FNO2. The number of rotatable bonds is 7. The molecule has 1 rings (SSSR count). The van der Waals surface area contributed by atoms with Gasteiger partial charge in [-0.3, -0.25) is 0 Å². The zero-order valence-corrected chi connectivity index (χ0v) is 10.1. The molecule has 0 amide bonds. The summed E-state index contributed by atoms with van der Waals surface area (Å²) in [6.07, 6.45) is -0.0235. The molecule has 2 atom stereocenters. The molecule has 1 aromatic carbocycles. The van der Waals surface area contributed by atoms with Gasteiger partial charge in [-0.1, -0.05) is 12.1 Å². The molecule has 0 aliphatic rings. The van der Waals surface area contributed by atoms with E-state index in [1.54, 1.807) is 12.1 Å². The summed E-state index contributed by atoms with van der Waals surface area (Å²) in [4.78, 5) is 0. The molecule has 0 saturated heterocycles. The molecule has 17 heavy (non-hydrogen) atoms. The van der Waals surface area contributed by atoms with Crippen molar-refractivity contribution >= 4 is 0 Å². The molecule has 96 valence electrons. The Hall–Kier alpha value is -0.970. The number of hydrogen-bond acceptors (Lipinski definition) is 3. The molecule has 3 N–H and O–H groups in total. The Morgan fingerprint density at radius 3 is 2.53 bits per heavy atom. The summed E-state index contributed by atoms with van der Waals surface area (Å²) >= 11 is 0. The van der Waals surface area contributed by atoms with Crippen LogP contribution < -0.4 is 5.73 Å². The van der Waals surface area contributed by atoms with Crippen LogP contribution in [0.25, 0.3) is 0 Å². The van der Waals surface area contributed by atoms with Gasteiger partial charge < -0.3 is 15.6 Å². The van der Waals surface area contributed by atoms with Crippen molar-refractivity contribution < 1.29 is 14.2 Å². The predicted octanol–water partition coefficient (Wildman–Crippen LogP) is 1.66. The van der Waals surface area contributed by atoms with Crippen LogP contribution in [-0.4, -0.2) is 31.0 Å². The number of aliphatic hydroxyl groups is 1. The fourth-order valence-corrected chi connectivity index (χ4v) is 1.77. The Morgan fingerprint density at radius 1 is 1.35 bits per heavy atom. The molecule has 1 aromatic rings. The first kappa shape index (κ1) is 14.1. The Kier molecular flexibility index (Phi) is 6.11. The maximum absolute atomic E-state index is 12.8. The standard InChI is InChI=1S/C13H20FNO2/c1-2-17-8-7-13(16)12(9-15)10-3-5-11(14)6-4-10/h3-6,12-13,16H,2,7-9,15H2,1H3. The van der Waals surface area contributed by atoms with E-state index in [0.29, 0.717) is 26.2 Å². The smallest absolute Gasteiger partial charge is 0.123 e. The highest BCUT2D eigenvalue weighted by Crippen LogP contribution is 2.21. The predicted molar refractivity (Wildman–Crippen MR) is 65.3 cm³/mol. The maximum Gasteiger partial charge on any atom is 0.123 e. The third kappa shape index (κ3) is 4.42. The Bertz CT molecular complexity index is 316. The molecular weight excluding hydrogens is 221 g/mol. The van der Waals surface area contributed by atoms with Crippen molar-refractivity contribution in [1.82, 2.24) is 0 Å². The molecule has 4 heteroatoms. The quantitative estimate of drug-likeness (QED) is 0.714. The van der Waals surface area contributed by atoms with E-state index in [0.717, 1.165) is 5.56 Å². The van der Waals surface area contributed by atoms with Gasteiger partial charge >= 0.3 is 0 Å². The van der Waals surface area contributed by atoms with Crippen LogP contribution in [0.4, 0.5) is 4.39 Å². The minimum absolute atomic E-state index is 0.170. The number of nitrogens with two attached hydrogens (primary N) is 1. The highest BCUT2D eigenvalue weighted by Gasteiger charge is 2.19. The van der Waals surface area contributed by atoms with Crippen molar-refractivity contribution in [2.75, 3.05) is 19.8 Å². The number of ether oxygens (including phenoxy) is 1. The minimum atomic E-state index is -0.558. The SMILES string of the molecule is CCOCCC(O)C(CN)c1ccc(F)cc1. The second-order valence-corrected chi connectivity index (χ2v) is 3.95. The van der Waals surface area contributed by atoms with Gasteiger partial charge in [0.15, 0.2) is 0 Å². The van der Waals surface area contributed by atoms with E-state index in [4.69, 9.17) is 10.5 Å². The first-order chi connectivity index (χ1) is 8.19. The van der Waals surface area contributed by atoms with Crippen molar-refractivity contribution in [3.8, 4) is 0 Å². The van der Waals surface area contributed by atoms with Gasteiger partial charge in [-0.25, -0.2) is 4.39 Å². The zero-order valence-electron chi connectivity index (χ0n) is 10.1. The van der Waals surface area contributed by atoms with E-state index in [1.165, 1.54) is 12.1 Å². The normalized spacial score (nSPS) is 14.6. The van der Waals surface area contributed by atoms with Crippen LogP contribution in [0.5, 0.6) is 0 Å². The van der Waals surface area contributed by atoms with Crippen LogP contribution in [0.15, 0.2) is 24.3 Å². The van der Waals surface area contributed by atoms with Crippen LogP contribution >= 0.6 is 0 Å². The van der Waals surface area contributed by atoms with Crippen LogP contribution in [-0.2, 0) is 4.74 Å². The van der Waals surface area contributed by atoms with Crippen LogP contribution in [0.3, 0.4) is 0 Å². The van der Waals surface area contributed by atoms with Gasteiger partial charge in [-0.05, 0) is 31.0 Å². The van der Waals surface area contributed by atoms with Crippen molar-refractivity contribution in [2.45, 2.75) is 25.4 Å². The highest BCUT2D eigenvalue weighted by atomic mass is 19.1. The maximum atomic E-state index is 12.8. The van der Waals surface area contributed by atoms with Gasteiger partial charge in [0.05, 0.1) is 6.10 Å². The van der Waals surface area contributed by atoms with E-state index in [1.807, 2.05) is 6.92 Å². The van der Waals surface area contributed by atoms with Gasteiger partial charge in [0, 0.05) is 25.7 Å². The van der Waals surface area contributed by atoms with Crippen LogP contribution in [0, 0.1) is 5.82 Å². The van der Waals surface area contributed by atoms with Crippen molar-refractivity contribution in [2.24, 2.45) is 5.73 Å². The monoisotopic (exact) mass is 241 g/mol. The fourth-order valence-electron chi connectivity index (χ4n) is 1.77. The summed E-state index contributed by atoms with van der Waals surface area (Å²) < 4.78 is 18.0. The Balaban J connectivity index is 2.60. The van der Waals surface area contributed by atoms with Crippen molar-refractivity contribution in [3.63, 3.8) is 0 Å². The van der Waals surface area contributed by atoms with E-state index in [9.17, 15) is 9.50 Å². The molecule has 0 heterocycles. The largest absolute Gasteiger partial charge is 0.392 e. The van der Waals surface area contributed by atoms with Crippen molar-refractivity contribution in [1.29, 1.82) is 0 Å². The number of hydrogen-bond donors (Lipinski definition) is 2. The average Bonchev–Trinajstić information content (AvgIpc) is 2.33. The molecule has 0 radical (unpaired) electrons. The average molecular weight is 241 g/mol. The summed E-state index contributed by atoms with van der Waals surface area (Å²) in [6, 6.07) is 6.09. The van der Waals surface area contributed by atoms with E-state index < -0.39 is 6.10 Å². The fraction of sp³-hybridized carbons (Fsp3) is 0.538. The van der Waals surface area contributed by atoms with Gasteiger partial charge in [-0.15, -0.1) is 0 Å². The number of benzene rings is 1.